The van der Waals surface area contributed by atoms with E-state index in [0.717, 1.165) is 76.6 Å². The molecular weight excluding hydrogens is 344 g/mol. The minimum atomic E-state index is 0.162. The van der Waals surface area contributed by atoms with Crippen LogP contribution >= 0.6 is 0 Å². The molecule has 1 aromatic rings. The number of hydrogen-bond acceptors (Lipinski definition) is 6. The third kappa shape index (κ3) is 4.02. The van der Waals surface area contributed by atoms with E-state index >= 15 is 0 Å². The molecule has 2 N–H and O–H groups in total. The summed E-state index contributed by atoms with van der Waals surface area (Å²) < 4.78 is 7.62. The van der Waals surface area contributed by atoms with Crippen molar-refractivity contribution >= 4 is 5.91 Å². The molecule has 8 nitrogen and oxygen atoms in total. The molecular formula is C19H32N6O2. The lowest BCUT2D eigenvalue weighted by atomic mass is 9.80. The van der Waals surface area contributed by atoms with E-state index in [0.29, 0.717) is 31.1 Å². The van der Waals surface area contributed by atoms with Crippen LogP contribution in [-0.4, -0.2) is 75.9 Å². The number of rotatable bonds is 5. The molecule has 150 valence electrons. The van der Waals surface area contributed by atoms with Crippen molar-refractivity contribution < 1.29 is 9.53 Å². The molecule has 27 heavy (non-hydrogen) atoms. The second-order valence-corrected chi connectivity index (χ2v) is 8.14. The number of ether oxygens (including phenoxy) is 1. The summed E-state index contributed by atoms with van der Waals surface area (Å²) in [5, 5.41) is 8.95. The van der Waals surface area contributed by atoms with Crippen molar-refractivity contribution in [2.45, 2.75) is 57.7 Å². The van der Waals surface area contributed by atoms with Gasteiger partial charge in [0.1, 0.15) is 11.6 Å². The van der Waals surface area contributed by atoms with Gasteiger partial charge in [0.05, 0.1) is 19.8 Å². The van der Waals surface area contributed by atoms with Crippen molar-refractivity contribution in [3.8, 4) is 0 Å². The fourth-order valence-corrected chi connectivity index (χ4v) is 4.57. The number of aromatic nitrogens is 3. The number of carbonyl (C=O) groups is 1. The van der Waals surface area contributed by atoms with Crippen LogP contribution in [0.15, 0.2) is 0 Å². The van der Waals surface area contributed by atoms with Gasteiger partial charge < -0.3 is 19.9 Å². The lowest BCUT2D eigenvalue weighted by Crippen LogP contribution is -2.46. The van der Waals surface area contributed by atoms with Gasteiger partial charge in [-0.3, -0.25) is 9.69 Å². The third-order valence-electron chi connectivity index (χ3n) is 6.34. The minimum Gasteiger partial charge on any atom is -0.378 e. The molecule has 0 unspecified atom stereocenters. The van der Waals surface area contributed by atoms with Crippen molar-refractivity contribution in [1.29, 1.82) is 0 Å². The van der Waals surface area contributed by atoms with Crippen LogP contribution in [0.2, 0.25) is 0 Å². The number of carbonyl (C=O) groups excluding carboxylic acids is 1. The summed E-state index contributed by atoms with van der Waals surface area (Å²) in [6.45, 7) is 8.59. The first kappa shape index (κ1) is 18.8. The fourth-order valence-electron chi connectivity index (χ4n) is 4.57. The number of likely N-dealkylation sites (tertiary alicyclic amines) is 1. The Kier molecular flexibility index (Phi) is 5.75. The van der Waals surface area contributed by atoms with Crippen LogP contribution in [0.4, 0.5) is 0 Å². The summed E-state index contributed by atoms with van der Waals surface area (Å²) in [4.78, 5) is 17.1. The fraction of sp³-hybridized carbons (Fsp3) is 0.842. The minimum absolute atomic E-state index is 0.162. The van der Waals surface area contributed by atoms with Crippen molar-refractivity contribution in [3.05, 3.63) is 11.6 Å². The SMILES string of the molecule is CCn1c(CN2CCC(C(=O)N3CCOCC3)CC2)nnc1C1CC(N)C1. The highest BCUT2D eigenvalue weighted by Gasteiger charge is 2.33. The molecule has 3 aliphatic rings. The monoisotopic (exact) mass is 376 g/mol. The molecule has 2 aliphatic heterocycles. The van der Waals surface area contributed by atoms with E-state index in [1.165, 1.54) is 0 Å². The van der Waals surface area contributed by atoms with Gasteiger partial charge in [-0.1, -0.05) is 0 Å². The molecule has 3 heterocycles. The van der Waals surface area contributed by atoms with Crippen LogP contribution in [0.3, 0.4) is 0 Å². The molecule has 1 amide bonds. The highest BCUT2D eigenvalue weighted by molar-refractivity contribution is 5.79. The first-order valence-electron chi connectivity index (χ1n) is 10.4. The van der Waals surface area contributed by atoms with Crippen molar-refractivity contribution in [3.63, 3.8) is 0 Å². The highest BCUT2D eigenvalue weighted by atomic mass is 16.5. The van der Waals surface area contributed by atoms with Gasteiger partial charge in [-0.15, -0.1) is 10.2 Å². The van der Waals surface area contributed by atoms with E-state index < -0.39 is 0 Å². The summed E-state index contributed by atoms with van der Waals surface area (Å²) >= 11 is 0. The topological polar surface area (TPSA) is 89.5 Å². The van der Waals surface area contributed by atoms with Gasteiger partial charge in [0.25, 0.3) is 0 Å². The Hall–Kier alpha value is -1.51. The molecule has 1 saturated carbocycles. The highest BCUT2D eigenvalue weighted by Crippen LogP contribution is 2.35. The zero-order valence-electron chi connectivity index (χ0n) is 16.3. The second-order valence-electron chi connectivity index (χ2n) is 8.14. The molecule has 4 rings (SSSR count). The first-order chi connectivity index (χ1) is 13.2. The zero-order chi connectivity index (χ0) is 18.8. The molecule has 2 saturated heterocycles. The average molecular weight is 377 g/mol. The van der Waals surface area contributed by atoms with E-state index in [9.17, 15) is 4.79 Å². The smallest absolute Gasteiger partial charge is 0.225 e. The Morgan fingerprint density at radius 1 is 1.15 bits per heavy atom. The van der Waals surface area contributed by atoms with Crippen LogP contribution in [0.5, 0.6) is 0 Å². The summed E-state index contributed by atoms with van der Waals surface area (Å²) in [5.41, 5.74) is 5.94. The van der Waals surface area contributed by atoms with Crippen LogP contribution in [-0.2, 0) is 22.6 Å². The maximum Gasteiger partial charge on any atom is 0.225 e. The summed E-state index contributed by atoms with van der Waals surface area (Å²) in [6, 6.07) is 0.323. The normalized spacial score (nSPS) is 27.6. The molecule has 3 fully saturated rings. The number of nitrogens with two attached hydrogens (primary N) is 1. The zero-order valence-corrected chi connectivity index (χ0v) is 16.3. The first-order valence-corrected chi connectivity index (χ1v) is 10.4. The molecule has 0 spiro atoms. The number of nitrogens with zero attached hydrogens (tertiary/aromatic N) is 5. The van der Waals surface area contributed by atoms with Crippen LogP contribution < -0.4 is 5.73 Å². The van der Waals surface area contributed by atoms with Crippen molar-refractivity contribution in [2.24, 2.45) is 11.7 Å². The standard InChI is InChI=1S/C19H32N6O2/c1-2-25-17(21-22-18(25)15-11-16(20)12-15)13-23-5-3-14(4-6-23)19(26)24-7-9-27-10-8-24/h14-16H,2-13,20H2,1H3. The van der Waals surface area contributed by atoms with Crippen LogP contribution in [0.25, 0.3) is 0 Å². The summed E-state index contributed by atoms with van der Waals surface area (Å²) in [6.07, 6.45) is 3.90. The molecule has 1 aliphatic carbocycles. The van der Waals surface area contributed by atoms with Crippen LogP contribution in [0.1, 0.15) is 50.2 Å². The Bertz CT molecular complexity index is 643. The molecule has 8 heteroatoms. The van der Waals surface area contributed by atoms with E-state index in [1.807, 2.05) is 4.90 Å². The Morgan fingerprint density at radius 3 is 2.48 bits per heavy atom. The van der Waals surface area contributed by atoms with Gasteiger partial charge in [-0.05, 0) is 45.7 Å². The van der Waals surface area contributed by atoms with Crippen molar-refractivity contribution in [2.75, 3.05) is 39.4 Å². The molecule has 0 atom stereocenters. The summed E-state index contributed by atoms with van der Waals surface area (Å²) in [7, 11) is 0. The van der Waals surface area contributed by atoms with Gasteiger partial charge in [0.15, 0.2) is 0 Å². The second kappa shape index (κ2) is 8.24. The lowest BCUT2D eigenvalue weighted by molar-refractivity contribution is -0.141. The third-order valence-corrected chi connectivity index (χ3v) is 6.34. The Balaban J connectivity index is 1.31. The van der Waals surface area contributed by atoms with E-state index in [-0.39, 0.29) is 5.92 Å². The summed E-state index contributed by atoms with van der Waals surface area (Å²) in [5.74, 6) is 3.10. The molecule has 1 aromatic heterocycles. The van der Waals surface area contributed by atoms with Gasteiger partial charge in [-0.2, -0.15) is 0 Å². The van der Waals surface area contributed by atoms with E-state index in [4.69, 9.17) is 10.5 Å². The van der Waals surface area contributed by atoms with E-state index in [2.05, 4.69) is 26.6 Å². The molecule has 0 bridgehead atoms. The van der Waals surface area contributed by atoms with Gasteiger partial charge in [0.2, 0.25) is 5.91 Å². The van der Waals surface area contributed by atoms with Gasteiger partial charge >= 0.3 is 0 Å². The van der Waals surface area contributed by atoms with Crippen LogP contribution in [0, 0.1) is 5.92 Å². The predicted octanol–water partition coefficient (Wildman–Crippen LogP) is 0.574. The maximum atomic E-state index is 12.7. The van der Waals surface area contributed by atoms with Crippen molar-refractivity contribution in [1.82, 2.24) is 24.6 Å². The molecule has 0 aromatic carbocycles. The number of piperidine rings is 1. The Morgan fingerprint density at radius 2 is 1.85 bits per heavy atom. The number of hydrogen-bond donors (Lipinski definition) is 1. The quantitative estimate of drug-likeness (QED) is 0.808. The molecule has 0 radical (unpaired) electrons. The Labute approximate surface area is 161 Å². The number of amides is 1. The predicted molar refractivity (Wildman–Crippen MR) is 101 cm³/mol. The maximum absolute atomic E-state index is 12.7. The average Bonchev–Trinajstić information content (AvgIpc) is 3.08. The lowest BCUT2D eigenvalue weighted by Gasteiger charge is -2.35. The number of morpholine rings is 1. The van der Waals surface area contributed by atoms with E-state index in [1.54, 1.807) is 0 Å². The largest absolute Gasteiger partial charge is 0.378 e. The van der Waals surface area contributed by atoms with Gasteiger partial charge in [0, 0.05) is 37.5 Å². The van der Waals surface area contributed by atoms with Gasteiger partial charge in [-0.25, -0.2) is 0 Å².